The third-order valence-corrected chi connectivity index (χ3v) is 10.5. The lowest BCUT2D eigenvalue weighted by molar-refractivity contribution is -0.145. The fourth-order valence-electron chi connectivity index (χ4n) is 7.24. The molecule has 1 unspecified atom stereocenters. The number of anilines is 1. The van der Waals surface area contributed by atoms with E-state index in [1.54, 1.807) is 0 Å². The standard InChI is InChI=1S/C38H60N6O7/c1-14-16-21(27(45)32(49)39-17-15-2)41-31(48)26-23-20(38(23,12)13)19-44(26)33(50)30(37(9,10)11)43-34(51)42-22(35(3,4)5)18-40-25-24(36(6,7)8)28(46)29(25)47/h15,20-23,26,30,40H,2,14,16-19H2,1,3-13H3,(H,39,49)(H,41,48)(H2,42,43,51)/t20-,21?,22+,23-,26-,30+/m0/s1. The van der Waals surface area contributed by atoms with Crippen molar-refractivity contribution < 1.29 is 24.0 Å². The van der Waals surface area contributed by atoms with Gasteiger partial charge in [0.1, 0.15) is 12.1 Å². The van der Waals surface area contributed by atoms with Crippen molar-refractivity contribution >= 4 is 35.2 Å². The Kier molecular flexibility index (Phi) is 12.1. The second kappa shape index (κ2) is 14.9. The van der Waals surface area contributed by atoms with Crippen LogP contribution in [0.15, 0.2) is 22.2 Å². The molecule has 1 heterocycles. The summed E-state index contributed by atoms with van der Waals surface area (Å²) in [4.78, 5) is 93.8. The molecule has 3 rings (SSSR count). The van der Waals surface area contributed by atoms with Crippen molar-refractivity contribution in [2.24, 2.45) is 28.1 Å². The van der Waals surface area contributed by atoms with Crippen molar-refractivity contribution in [2.75, 3.05) is 25.0 Å². The van der Waals surface area contributed by atoms with E-state index >= 15 is 0 Å². The molecule has 5 N–H and O–H groups in total. The molecule has 284 valence electrons. The SMILES string of the molecule is C=CCNC(=O)C(=O)C(CCC)NC(=O)[C@@H]1[C@@H]2[C@H](CN1C(=O)[C@@H](NC(=O)N[C@H](CNc1c(C(C)(C)C)c(=O)c1=O)C(C)(C)C)C(C)(C)C)C2(C)C. The molecule has 1 saturated heterocycles. The Bertz CT molecular complexity index is 1600. The first kappa shape index (κ1) is 41.4. The summed E-state index contributed by atoms with van der Waals surface area (Å²) in [5.41, 5.74) is -2.39. The fourth-order valence-corrected chi connectivity index (χ4v) is 7.24. The molecule has 0 radical (unpaired) electrons. The average molecular weight is 713 g/mol. The minimum atomic E-state index is -1.06. The first-order valence-electron chi connectivity index (χ1n) is 18.0. The normalized spacial score (nSPS) is 21.5. The van der Waals surface area contributed by atoms with Crippen molar-refractivity contribution in [3.8, 4) is 0 Å². The lowest BCUT2D eigenvalue weighted by Gasteiger charge is -2.39. The largest absolute Gasteiger partial charge is 0.379 e. The molecule has 13 heteroatoms. The summed E-state index contributed by atoms with van der Waals surface area (Å²) in [7, 11) is 0. The summed E-state index contributed by atoms with van der Waals surface area (Å²) in [6.07, 6.45) is 2.24. The zero-order valence-electron chi connectivity index (χ0n) is 32.6. The molecule has 0 spiro atoms. The molecule has 1 aliphatic heterocycles. The lowest BCUT2D eigenvalue weighted by atomic mass is 9.82. The number of urea groups is 1. The van der Waals surface area contributed by atoms with Crippen molar-refractivity contribution in [2.45, 2.75) is 126 Å². The molecule has 13 nitrogen and oxygen atoms in total. The maximum atomic E-state index is 14.4. The number of rotatable bonds is 14. The van der Waals surface area contributed by atoms with Crippen LogP contribution in [0.4, 0.5) is 10.5 Å². The van der Waals surface area contributed by atoms with Crippen molar-refractivity contribution in [3.05, 3.63) is 38.7 Å². The number of nitrogens with zero attached hydrogens (tertiary/aromatic N) is 1. The minimum Gasteiger partial charge on any atom is -0.379 e. The quantitative estimate of drug-likeness (QED) is 0.144. The van der Waals surface area contributed by atoms with Gasteiger partial charge in [0.2, 0.25) is 28.5 Å². The molecule has 2 fully saturated rings. The first-order valence-corrected chi connectivity index (χ1v) is 18.0. The molecular weight excluding hydrogens is 652 g/mol. The maximum Gasteiger partial charge on any atom is 0.315 e. The zero-order chi connectivity index (χ0) is 39.0. The van der Waals surface area contributed by atoms with Crippen LogP contribution in [0.5, 0.6) is 0 Å². The number of amides is 5. The van der Waals surface area contributed by atoms with Crippen LogP contribution in [0.3, 0.4) is 0 Å². The van der Waals surface area contributed by atoms with Crippen LogP contribution in [0.2, 0.25) is 0 Å². The third kappa shape index (κ3) is 8.89. The summed E-state index contributed by atoms with van der Waals surface area (Å²) in [5.74, 6) is -2.62. The van der Waals surface area contributed by atoms with E-state index in [1.165, 1.54) is 11.0 Å². The molecule has 51 heavy (non-hydrogen) atoms. The Morgan fingerprint density at radius 2 is 1.53 bits per heavy atom. The number of likely N-dealkylation sites (tertiary alicyclic amines) is 1. The Balaban J connectivity index is 1.82. The van der Waals surface area contributed by atoms with Crippen LogP contribution in [-0.4, -0.2) is 78.2 Å². The predicted molar refractivity (Wildman–Crippen MR) is 198 cm³/mol. The highest BCUT2D eigenvalue weighted by atomic mass is 16.2. The lowest BCUT2D eigenvalue weighted by Crippen LogP contribution is -2.62. The smallest absolute Gasteiger partial charge is 0.315 e. The molecule has 0 aromatic heterocycles. The highest BCUT2D eigenvalue weighted by Gasteiger charge is 2.70. The Morgan fingerprint density at radius 3 is 2.04 bits per heavy atom. The maximum absolute atomic E-state index is 14.4. The predicted octanol–water partition coefficient (Wildman–Crippen LogP) is 2.76. The number of nitrogens with one attached hydrogen (secondary N) is 5. The molecule has 2 aliphatic rings. The summed E-state index contributed by atoms with van der Waals surface area (Å²) >= 11 is 0. The Labute approximate surface area is 302 Å². The van der Waals surface area contributed by atoms with Crippen LogP contribution in [0.25, 0.3) is 0 Å². The van der Waals surface area contributed by atoms with E-state index in [4.69, 9.17) is 0 Å². The fraction of sp³-hybridized carbons (Fsp3) is 0.711. The molecule has 1 saturated carbocycles. The van der Waals surface area contributed by atoms with Crippen molar-refractivity contribution in [3.63, 3.8) is 0 Å². The first-order chi connectivity index (χ1) is 23.3. The third-order valence-electron chi connectivity index (χ3n) is 10.5. The van der Waals surface area contributed by atoms with Gasteiger partial charge in [0.15, 0.2) is 0 Å². The number of carbonyl (C=O) groups excluding carboxylic acids is 5. The van der Waals surface area contributed by atoms with Crippen LogP contribution in [0, 0.1) is 28.1 Å². The summed E-state index contributed by atoms with van der Waals surface area (Å²) in [5, 5.41) is 14.2. The van der Waals surface area contributed by atoms with Gasteiger partial charge in [-0.05, 0) is 39.9 Å². The second-order valence-corrected chi connectivity index (χ2v) is 18.0. The van der Waals surface area contributed by atoms with Gasteiger partial charge in [0.05, 0.1) is 17.8 Å². The number of Topliss-reactive ketones (excluding diaryl/α,β-unsaturated/α-hetero) is 1. The zero-order valence-corrected chi connectivity index (χ0v) is 32.6. The summed E-state index contributed by atoms with van der Waals surface area (Å²) in [6.45, 7) is 26.9. The van der Waals surface area contributed by atoms with Crippen LogP contribution in [-0.2, 0) is 24.6 Å². The van der Waals surface area contributed by atoms with Gasteiger partial charge in [-0.1, -0.05) is 95.6 Å². The van der Waals surface area contributed by atoms with Gasteiger partial charge in [-0.2, -0.15) is 0 Å². The molecule has 5 amide bonds. The summed E-state index contributed by atoms with van der Waals surface area (Å²) < 4.78 is 0. The molecule has 6 atom stereocenters. The van der Waals surface area contributed by atoms with Gasteiger partial charge in [0.25, 0.3) is 5.91 Å². The second-order valence-electron chi connectivity index (χ2n) is 18.0. The minimum absolute atomic E-state index is 0.0487. The van der Waals surface area contributed by atoms with Crippen LogP contribution >= 0.6 is 0 Å². The number of ketones is 1. The summed E-state index contributed by atoms with van der Waals surface area (Å²) in [6, 6.07) is -4.09. The van der Waals surface area contributed by atoms with E-state index in [9.17, 15) is 33.6 Å². The van der Waals surface area contributed by atoms with Gasteiger partial charge >= 0.3 is 6.03 Å². The Morgan fingerprint density at radius 1 is 0.922 bits per heavy atom. The molecule has 1 aromatic carbocycles. The van der Waals surface area contributed by atoms with Crippen LogP contribution < -0.4 is 37.4 Å². The number of hydrogen-bond donors (Lipinski definition) is 5. The Hall–Kier alpha value is -4.03. The highest BCUT2D eigenvalue weighted by Crippen LogP contribution is 2.65. The van der Waals surface area contributed by atoms with E-state index in [0.717, 1.165) is 0 Å². The van der Waals surface area contributed by atoms with Gasteiger partial charge in [-0.3, -0.25) is 28.8 Å². The highest BCUT2D eigenvalue weighted by molar-refractivity contribution is 6.38. The van der Waals surface area contributed by atoms with E-state index in [2.05, 4.69) is 33.2 Å². The molecule has 1 aliphatic carbocycles. The van der Waals surface area contributed by atoms with E-state index in [1.807, 2.05) is 83.1 Å². The van der Waals surface area contributed by atoms with Crippen LogP contribution in [0.1, 0.15) is 101 Å². The van der Waals surface area contributed by atoms with Crippen molar-refractivity contribution in [1.82, 2.24) is 26.2 Å². The molecular formula is C38H60N6O7. The van der Waals surface area contributed by atoms with Gasteiger partial charge in [-0.15, -0.1) is 6.58 Å². The van der Waals surface area contributed by atoms with E-state index in [0.29, 0.717) is 18.5 Å². The van der Waals surface area contributed by atoms with E-state index in [-0.39, 0.29) is 42.4 Å². The molecule has 0 bridgehead atoms. The van der Waals surface area contributed by atoms with Crippen molar-refractivity contribution in [1.29, 1.82) is 0 Å². The number of fused-ring (bicyclic) bond motifs is 1. The average Bonchev–Trinajstić information content (AvgIpc) is 3.32. The molecule has 1 aromatic rings. The topological polar surface area (TPSA) is 183 Å². The number of piperidine rings is 1. The number of hydrogen-bond acceptors (Lipinski definition) is 8. The van der Waals surface area contributed by atoms with Gasteiger partial charge in [0, 0.05) is 25.2 Å². The van der Waals surface area contributed by atoms with Gasteiger partial charge < -0.3 is 31.5 Å². The monoisotopic (exact) mass is 712 g/mol. The van der Waals surface area contributed by atoms with E-state index < -0.39 is 80.8 Å². The number of carbonyl (C=O) groups is 5. The van der Waals surface area contributed by atoms with Gasteiger partial charge in [-0.25, -0.2) is 4.79 Å².